The Morgan fingerprint density at radius 1 is 1.32 bits per heavy atom. The first-order valence-corrected chi connectivity index (χ1v) is 7.66. The topological polar surface area (TPSA) is 38.3 Å². The Morgan fingerprint density at radius 2 is 2.09 bits per heavy atom. The van der Waals surface area contributed by atoms with E-state index in [-0.39, 0.29) is 16.5 Å². The summed E-state index contributed by atoms with van der Waals surface area (Å²) in [6.45, 7) is 1.25. The Labute approximate surface area is 131 Å². The van der Waals surface area contributed by atoms with Gasteiger partial charge >= 0.3 is 6.61 Å². The predicted octanol–water partition coefficient (Wildman–Crippen LogP) is 3.94. The van der Waals surface area contributed by atoms with Crippen LogP contribution in [0, 0.1) is 13.8 Å². The molecule has 0 aliphatic rings. The highest BCUT2D eigenvalue weighted by atomic mass is 32.1. The van der Waals surface area contributed by atoms with Gasteiger partial charge in [0.1, 0.15) is 10.6 Å². The van der Waals surface area contributed by atoms with Crippen LogP contribution in [0.5, 0.6) is 5.75 Å². The van der Waals surface area contributed by atoms with E-state index in [9.17, 15) is 13.6 Å². The van der Waals surface area contributed by atoms with Gasteiger partial charge < -0.3 is 10.1 Å². The van der Waals surface area contributed by atoms with Crippen LogP contribution >= 0.6 is 11.3 Å². The minimum absolute atomic E-state index is 0.0643. The van der Waals surface area contributed by atoms with E-state index < -0.39 is 6.61 Å². The van der Waals surface area contributed by atoms with E-state index in [1.807, 2.05) is 31.2 Å². The molecular formula is C16H17F2NO2S. The van der Waals surface area contributed by atoms with E-state index in [4.69, 9.17) is 0 Å². The van der Waals surface area contributed by atoms with E-state index in [1.54, 1.807) is 6.92 Å². The maximum absolute atomic E-state index is 12.3. The molecule has 0 aliphatic heterocycles. The number of hydrogen-bond acceptors (Lipinski definition) is 3. The van der Waals surface area contributed by atoms with Crippen molar-refractivity contribution in [3.63, 3.8) is 0 Å². The second-order valence-electron chi connectivity index (χ2n) is 4.92. The highest BCUT2D eigenvalue weighted by molar-refractivity contribution is 7.14. The van der Waals surface area contributed by atoms with Gasteiger partial charge in [0.05, 0.1) is 0 Å². The molecule has 2 aromatic rings. The van der Waals surface area contributed by atoms with Gasteiger partial charge in [0.25, 0.3) is 5.91 Å². The third-order valence-electron chi connectivity index (χ3n) is 3.03. The van der Waals surface area contributed by atoms with Crippen molar-refractivity contribution in [3.05, 3.63) is 51.2 Å². The zero-order valence-corrected chi connectivity index (χ0v) is 13.2. The molecule has 22 heavy (non-hydrogen) atoms. The number of aryl methyl sites for hydroxylation is 2. The van der Waals surface area contributed by atoms with Gasteiger partial charge in [-0.05, 0) is 31.9 Å². The summed E-state index contributed by atoms with van der Waals surface area (Å²) in [5.74, 6) is -0.452. The third-order valence-corrected chi connectivity index (χ3v) is 4.06. The molecule has 0 saturated heterocycles. The van der Waals surface area contributed by atoms with Crippen LogP contribution < -0.4 is 10.1 Å². The number of amides is 1. The number of carbonyl (C=O) groups is 1. The smallest absolute Gasteiger partial charge is 0.387 e. The molecule has 0 bridgehead atoms. The van der Waals surface area contributed by atoms with Crippen molar-refractivity contribution in [1.29, 1.82) is 0 Å². The molecule has 1 N–H and O–H groups in total. The number of halogens is 2. The van der Waals surface area contributed by atoms with Gasteiger partial charge in [-0.25, -0.2) is 0 Å². The van der Waals surface area contributed by atoms with Crippen molar-refractivity contribution >= 4 is 17.2 Å². The Bertz CT molecular complexity index is 655. The summed E-state index contributed by atoms with van der Waals surface area (Å²) in [7, 11) is 0. The molecule has 1 aromatic carbocycles. The van der Waals surface area contributed by atoms with Crippen LogP contribution in [0.15, 0.2) is 30.3 Å². The number of thiophene rings is 1. The normalized spacial score (nSPS) is 10.8. The maximum atomic E-state index is 12.3. The van der Waals surface area contributed by atoms with Gasteiger partial charge in [0, 0.05) is 11.4 Å². The van der Waals surface area contributed by atoms with Crippen molar-refractivity contribution in [2.24, 2.45) is 0 Å². The van der Waals surface area contributed by atoms with Crippen LogP contribution in [-0.4, -0.2) is 19.1 Å². The summed E-state index contributed by atoms with van der Waals surface area (Å²) in [5.41, 5.74) is 2.28. The zero-order chi connectivity index (χ0) is 16.1. The number of hydrogen-bond donors (Lipinski definition) is 1. The van der Waals surface area contributed by atoms with Gasteiger partial charge in [-0.3, -0.25) is 4.79 Å². The summed E-state index contributed by atoms with van der Waals surface area (Å²) in [5, 5.41) is 2.74. The van der Waals surface area contributed by atoms with E-state index in [0.717, 1.165) is 27.3 Å². The fourth-order valence-corrected chi connectivity index (χ4v) is 2.96. The van der Waals surface area contributed by atoms with Crippen LogP contribution in [0.3, 0.4) is 0 Å². The fourth-order valence-electron chi connectivity index (χ4n) is 2.10. The molecule has 0 radical (unpaired) electrons. The number of carbonyl (C=O) groups excluding carboxylic acids is 1. The first-order valence-electron chi connectivity index (χ1n) is 6.84. The quantitative estimate of drug-likeness (QED) is 0.873. The Kier molecular flexibility index (Phi) is 5.49. The predicted molar refractivity (Wildman–Crippen MR) is 82.9 cm³/mol. The van der Waals surface area contributed by atoms with Crippen LogP contribution in [0.25, 0.3) is 0 Å². The van der Waals surface area contributed by atoms with Gasteiger partial charge in [-0.15, -0.1) is 11.3 Å². The average molecular weight is 325 g/mol. The Morgan fingerprint density at radius 3 is 2.77 bits per heavy atom. The average Bonchev–Trinajstić information content (AvgIpc) is 2.78. The number of alkyl halides is 2. The molecule has 0 aliphatic carbocycles. The monoisotopic (exact) mass is 325 g/mol. The largest absolute Gasteiger partial charge is 0.433 e. The third kappa shape index (κ3) is 4.53. The molecule has 2 rings (SSSR count). The minimum Gasteiger partial charge on any atom is -0.433 e. The minimum atomic E-state index is -2.94. The van der Waals surface area contributed by atoms with Crippen LogP contribution in [0.4, 0.5) is 8.78 Å². The molecular weight excluding hydrogens is 308 g/mol. The number of benzene rings is 1. The molecule has 6 heteroatoms. The maximum Gasteiger partial charge on any atom is 0.387 e. The molecule has 1 amide bonds. The molecule has 0 spiro atoms. The van der Waals surface area contributed by atoms with Crippen LogP contribution in [0.2, 0.25) is 0 Å². The summed E-state index contributed by atoms with van der Waals surface area (Å²) in [6, 6.07) is 9.45. The zero-order valence-electron chi connectivity index (χ0n) is 12.4. The standard InChI is InChI=1S/C16H17F2NO2S/c1-10-4-3-5-12(8-10)6-7-19-15(20)14-13(21-16(17)18)9-11(2)22-14/h3-5,8-9,16H,6-7H2,1-2H3,(H,19,20). The van der Waals surface area contributed by atoms with E-state index in [1.165, 1.54) is 6.07 Å². The molecule has 0 fully saturated rings. The summed E-state index contributed by atoms with van der Waals surface area (Å²) in [4.78, 5) is 13.0. The first kappa shape index (κ1) is 16.4. The lowest BCUT2D eigenvalue weighted by molar-refractivity contribution is -0.0498. The second-order valence-corrected chi connectivity index (χ2v) is 6.18. The molecule has 0 saturated carbocycles. The lowest BCUT2D eigenvalue weighted by Crippen LogP contribution is -2.25. The van der Waals surface area contributed by atoms with Gasteiger partial charge in [0.2, 0.25) is 0 Å². The lowest BCUT2D eigenvalue weighted by atomic mass is 10.1. The van der Waals surface area contributed by atoms with E-state index >= 15 is 0 Å². The Hall–Kier alpha value is -1.95. The van der Waals surface area contributed by atoms with Crippen molar-refractivity contribution in [1.82, 2.24) is 5.32 Å². The van der Waals surface area contributed by atoms with E-state index in [0.29, 0.717) is 13.0 Å². The summed E-state index contributed by atoms with van der Waals surface area (Å²) >= 11 is 1.14. The second kappa shape index (κ2) is 7.35. The SMILES string of the molecule is Cc1cccc(CCNC(=O)c2sc(C)cc2OC(F)F)c1. The molecule has 1 aromatic heterocycles. The van der Waals surface area contributed by atoms with Gasteiger partial charge in [-0.1, -0.05) is 29.8 Å². The fraction of sp³-hybridized carbons (Fsp3) is 0.312. The highest BCUT2D eigenvalue weighted by Crippen LogP contribution is 2.30. The summed E-state index contributed by atoms with van der Waals surface area (Å²) in [6.07, 6.45) is 0.683. The lowest BCUT2D eigenvalue weighted by Gasteiger charge is -2.07. The van der Waals surface area contributed by atoms with E-state index in [2.05, 4.69) is 10.1 Å². The molecule has 3 nitrogen and oxygen atoms in total. The van der Waals surface area contributed by atoms with Gasteiger partial charge in [0.15, 0.2) is 0 Å². The van der Waals surface area contributed by atoms with Gasteiger partial charge in [-0.2, -0.15) is 8.78 Å². The van der Waals surface area contributed by atoms with Crippen molar-refractivity contribution in [3.8, 4) is 5.75 Å². The molecule has 118 valence electrons. The van der Waals surface area contributed by atoms with Crippen LogP contribution in [-0.2, 0) is 6.42 Å². The number of nitrogens with one attached hydrogen (secondary N) is 1. The van der Waals surface area contributed by atoms with Crippen molar-refractivity contribution in [2.75, 3.05) is 6.54 Å². The van der Waals surface area contributed by atoms with Crippen molar-refractivity contribution in [2.45, 2.75) is 26.9 Å². The Balaban J connectivity index is 1.95. The summed E-state index contributed by atoms with van der Waals surface area (Å²) < 4.78 is 29.1. The molecule has 0 atom stereocenters. The molecule has 1 heterocycles. The van der Waals surface area contributed by atoms with Crippen molar-refractivity contribution < 1.29 is 18.3 Å². The highest BCUT2D eigenvalue weighted by Gasteiger charge is 2.18. The number of rotatable bonds is 6. The van der Waals surface area contributed by atoms with Crippen LogP contribution in [0.1, 0.15) is 25.7 Å². The first-order chi connectivity index (χ1) is 10.5. The molecule has 0 unspecified atom stereocenters. The number of ether oxygens (including phenoxy) is 1.